The fourth-order valence-electron chi connectivity index (χ4n) is 1.12. The Morgan fingerprint density at radius 3 is 2.60 bits per heavy atom. The SMILES string of the molecule is CCCNC(=O)C(Cl)c1ccc(Br)cc1. The van der Waals surface area contributed by atoms with E-state index in [-0.39, 0.29) is 5.91 Å². The van der Waals surface area contributed by atoms with Crippen LogP contribution in [0.3, 0.4) is 0 Å². The number of benzene rings is 1. The molecule has 4 heteroatoms. The highest BCUT2D eigenvalue weighted by atomic mass is 79.9. The monoisotopic (exact) mass is 289 g/mol. The summed E-state index contributed by atoms with van der Waals surface area (Å²) in [6, 6.07) is 7.43. The lowest BCUT2D eigenvalue weighted by Gasteiger charge is -2.10. The molecule has 0 aliphatic heterocycles. The van der Waals surface area contributed by atoms with Crippen molar-refractivity contribution in [1.82, 2.24) is 5.32 Å². The molecule has 0 spiro atoms. The zero-order valence-corrected chi connectivity index (χ0v) is 10.8. The molecule has 0 aliphatic rings. The number of amides is 1. The first-order valence-corrected chi connectivity index (χ1v) is 6.05. The molecule has 1 N–H and O–H groups in total. The number of hydrogen-bond donors (Lipinski definition) is 1. The van der Waals surface area contributed by atoms with Crippen molar-refractivity contribution in [2.24, 2.45) is 0 Å². The Labute approximate surface area is 103 Å². The van der Waals surface area contributed by atoms with Crippen LogP contribution in [0.25, 0.3) is 0 Å². The Morgan fingerprint density at radius 2 is 2.07 bits per heavy atom. The van der Waals surface area contributed by atoms with Crippen molar-refractivity contribution in [2.45, 2.75) is 18.7 Å². The molecule has 0 aromatic heterocycles. The average molecular weight is 291 g/mol. The van der Waals surface area contributed by atoms with Gasteiger partial charge in [-0.15, -0.1) is 11.6 Å². The second-order valence-electron chi connectivity index (χ2n) is 3.21. The van der Waals surface area contributed by atoms with Crippen LogP contribution in [0, 0.1) is 0 Å². The molecule has 2 nitrogen and oxygen atoms in total. The zero-order chi connectivity index (χ0) is 11.3. The molecule has 0 saturated heterocycles. The largest absolute Gasteiger partial charge is 0.355 e. The van der Waals surface area contributed by atoms with Crippen LogP contribution in [0.1, 0.15) is 24.3 Å². The average Bonchev–Trinajstić information content (AvgIpc) is 2.26. The lowest BCUT2D eigenvalue weighted by molar-refractivity contribution is -0.120. The van der Waals surface area contributed by atoms with Crippen molar-refractivity contribution >= 4 is 33.4 Å². The van der Waals surface area contributed by atoms with E-state index in [1.165, 1.54) is 0 Å². The van der Waals surface area contributed by atoms with Crippen molar-refractivity contribution < 1.29 is 4.79 Å². The van der Waals surface area contributed by atoms with E-state index in [9.17, 15) is 4.79 Å². The molecule has 82 valence electrons. The fourth-order valence-corrected chi connectivity index (χ4v) is 1.61. The molecular formula is C11H13BrClNO. The highest BCUT2D eigenvalue weighted by molar-refractivity contribution is 9.10. The number of hydrogen-bond acceptors (Lipinski definition) is 1. The molecule has 1 amide bonds. The molecule has 1 atom stereocenters. The summed E-state index contributed by atoms with van der Waals surface area (Å²) in [6.45, 7) is 2.67. The summed E-state index contributed by atoms with van der Waals surface area (Å²) in [5.74, 6) is -0.138. The molecule has 1 unspecified atom stereocenters. The number of rotatable bonds is 4. The molecule has 0 heterocycles. The fraction of sp³-hybridized carbons (Fsp3) is 0.364. The molecule has 0 bridgehead atoms. The van der Waals surface area contributed by atoms with E-state index in [1.54, 1.807) is 0 Å². The van der Waals surface area contributed by atoms with Crippen LogP contribution in [-0.2, 0) is 4.79 Å². The van der Waals surface area contributed by atoms with Gasteiger partial charge < -0.3 is 5.32 Å². The van der Waals surface area contributed by atoms with Gasteiger partial charge in [-0.3, -0.25) is 4.79 Å². The minimum atomic E-state index is -0.607. The highest BCUT2D eigenvalue weighted by Crippen LogP contribution is 2.22. The first kappa shape index (κ1) is 12.5. The van der Waals surface area contributed by atoms with Gasteiger partial charge in [0.15, 0.2) is 0 Å². The quantitative estimate of drug-likeness (QED) is 0.847. The van der Waals surface area contributed by atoms with E-state index in [0.717, 1.165) is 16.5 Å². The van der Waals surface area contributed by atoms with Gasteiger partial charge in [0.1, 0.15) is 5.38 Å². The summed E-state index contributed by atoms with van der Waals surface area (Å²) >= 11 is 9.35. The van der Waals surface area contributed by atoms with Crippen molar-refractivity contribution in [3.8, 4) is 0 Å². The Morgan fingerprint density at radius 1 is 1.47 bits per heavy atom. The van der Waals surface area contributed by atoms with Gasteiger partial charge in [-0.1, -0.05) is 35.0 Å². The molecule has 0 aliphatic carbocycles. The molecule has 0 radical (unpaired) electrons. The third-order valence-electron chi connectivity index (χ3n) is 1.94. The first-order valence-electron chi connectivity index (χ1n) is 4.82. The summed E-state index contributed by atoms with van der Waals surface area (Å²) in [5, 5.41) is 2.16. The topological polar surface area (TPSA) is 29.1 Å². The maximum absolute atomic E-state index is 11.5. The van der Waals surface area contributed by atoms with E-state index >= 15 is 0 Å². The van der Waals surface area contributed by atoms with Gasteiger partial charge in [0.25, 0.3) is 0 Å². The standard InChI is InChI=1S/C11H13BrClNO/c1-2-7-14-11(15)10(13)8-3-5-9(12)6-4-8/h3-6,10H,2,7H2,1H3,(H,14,15). The maximum Gasteiger partial charge on any atom is 0.242 e. The number of carbonyl (C=O) groups is 1. The molecule has 1 aromatic rings. The summed E-state index contributed by atoms with van der Waals surface area (Å²) in [7, 11) is 0. The third kappa shape index (κ3) is 3.84. The van der Waals surface area contributed by atoms with Gasteiger partial charge in [0, 0.05) is 11.0 Å². The number of alkyl halides is 1. The molecule has 0 saturated carbocycles. The minimum absolute atomic E-state index is 0.138. The number of nitrogens with one attached hydrogen (secondary N) is 1. The van der Waals surface area contributed by atoms with Crippen molar-refractivity contribution in [3.05, 3.63) is 34.3 Å². The normalized spacial score (nSPS) is 12.2. The van der Waals surface area contributed by atoms with E-state index in [2.05, 4.69) is 21.2 Å². The molecule has 0 fully saturated rings. The van der Waals surface area contributed by atoms with E-state index < -0.39 is 5.38 Å². The van der Waals surface area contributed by atoms with E-state index in [0.29, 0.717) is 6.54 Å². The molecular weight excluding hydrogens is 277 g/mol. The second-order valence-corrected chi connectivity index (χ2v) is 4.56. The summed E-state index contributed by atoms with van der Waals surface area (Å²) < 4.78 is 0.976. The van der Waals surface area contributed by atoms with Crippen molar-refractivity contribution in [1.29, 1.82) is 0 Å². The van der Waals surface area contributed by atoms with Crippen LogP contribution in [-0.4, -0.2) is 12.5 Å². The Bertz CT molecular complexity index is 326. The smallest absolute Gasteiger partial charge is 0.242 e. The van der Waals surface area contributed by atoms with Crippen LogP contribution < -0.4 is 5.32 Å². The van der Waals surface area contributed by atoms with Crippen LogP contribution in [0.15, 0.2) is 28.7 Å². The van der Waals surface area contributed by atoms with Gasteiger partial charge in [0.05, 0.1) is 0 Å². The van der Waals surface area contributed by atoms with Crippen LogP contribution in [0.5, 0.6) is 0 Å². The second kappa shape index (κ2) is 6.13. The lowest BCUT2D eigenvalue weighted by Crippen LogP contribution is -2.27. The number of halogens is 2. The van der Waals surface area contributed by atoms with Crippen LogP contribution in [0.4, 0.5) is 0 Å². The van der Waals surface area contributed by atoms with Gasteiger partial charge >= 0.3 is 0 Å². The van der Waals surface area contributed by atoms with Gasteiger partial charge in [-0.2, -0.15) is 0 Å². The molecule has 1 rings (SSSR count). The predicted molar refractivity (Wildman–Crippen MR) is 66.0 cm³/mol. The molecule has 15 heavy (non-hydrogen) atoms. The molecule has 1 aromatic carbocycles. The van der Waals surface area contributed by atoms with Gasteiger partial charge in [0.2, 0.25) is 5.91 Å². The highest BCUT2D eigenvalue weighted by Gasteiger charge is 2.16. The first-order chi connectivity index (χ1) is 7.15. The Balaban J connectivity index is 2.63. The third-order valence-corrected chi connectivity index (χ3v) is 2.92. The van der Waals surface area contributed by atoms with Crippen molar-refractivity contribution in [3.63, 3.8) is 0 Å². The predicted octanol–water partition coefficient (Wildman–Crippen LogP) is 3.26. The van der Waals surface area contributed by atoms with E-state index in [1.807, 2.05) is 31.2 Å². The Hall–Kier alpha value is -0.540. The summed E-state index contributed by atoms with van der Waals surface area (Å²) in [6.07, 6.45) is 0.912. The van der Waals surface area contributed by atoms with Crippen LogP contribution >= 0.6 is 27.5 Å². The number of carbonyl (C=O) groups excluding carboxylic acids is 1. The Kier molecular flexibility index (Phi) is 5.12. The van der Waals surface area contributed by atoms with Gasteiger partial charge in [-0.25, -0.2) is 0 Å². The van der Waals surface area contributed by atoms with E-state index in [4.69, 9.17) is 11.6 Å². The maximum atomic E-state index is 11.5. The minimum Gasteiger partial charge on any atom is -0.355 e. The van der Waals surface area contributed by atoms with Crippen molar-refractivity contribution in [2.75, 3.05) is 6.54 Å². The summed E-state index contributed by atoms with van der Waals surface area (Å²) in [5.41, 5.74) is 0.813. The zero-order valence-electron chi connectivity index (χ0n) is 8.47. The summed E-state index contributed by atoms with van der Waals surface area (Å²) in [4.78, 5) is 11.5. The lowest BCUT2D eigenvalue weighted by atomic mass is 10.1. The van der Waals surface area contributed by atoms with Crippen LogP contribution in [0.2, 0.25) is 0 Å². The van der Waals surface area contributed by atoms with Gasteiger partial charge in [-0.05, 0) is 24.1 Å².